The van der Waals surface area contributed by atoms with Crippen LogP contribution < -0.4 is 5.32 Å². The number of amides is 1. The van der Waals surface area contributed by atoms with E-state index in [-0.39, 0.29) is 11.8 Å². The lowest BCUT2D eigenvalue weighted by Gasteiger charge is -2.38. The summed E-state index contributed by atoms with van der Waals surface area (Å²) in [5.41, 5.74) is 3.41. The minimum Gasteiger partial charge on any atom is -0.326 e. The number of anilines is 1. The Morgan fingerprint density at radius 3 is 2.62 bits per heavy atom. The Kier molecular flexibility index (Phi) is 6.53. The van der Waals surface area contributed by atoms with Crippen molar-refractivity contribution in [3.63, 3.8) is 0 Å². The zero-order chi connectivity index (χ0) is 20.2. The van der Waals surface area contributed by atoms with Crippen molar-refractivity contribution in [2.75, 3.05) is 25.0 Å². The summed E-state index contributed by atoms with van der Waals surface area (Å²) in [6.45, 7) is 6.92. The van der Waals surface area contributed by atoms with Gasteiger partial charge in [-0.05, 0) is 61.7 Å². The Labute approximate surface area is 178 Å². The Bertz CT molecular complexity index is 832. The van der Waals surface area contributed by atoms with Crippen LogP contribution in [0.3, 0.4) is 0 Å². The molecule has 2 aromatic rings. The van der Waals surface area contributed by atoms with Crippen LogP contribution in [0.2, 0.25) is 5.02 Å². The first-order chi connectivity index (χ1) is 14.1. The standard InChI is InChI=1S/C24H30ClN3O/c1-18-5-2-3-12-28(18)15-20-6-4-7-23(13-20)26-24(29)21-16-27(17-21)14-19-8-10-22(25)11-9-19/h4,6-11,13,18,21H,2-3,5,12,14-17H2,1H3,(H,26,29)/t18-/m1/s1. The van der Waals surface area contributed by atoms with Crippen LogP contribution in [0, 0.1) is 5.92 Å². The first-order valence-corrected chi connectivity index (χ1v) is 11.1. The average Bonchev–Trinajstić information content (AvgIpc) is 2.68. The molecule has 1 N–H and O–H groups in total. The molecule has 4 rings (SSSR count). The fourth-order valence-corrected chi connectivity index (χ4v) is 4.46. The number of hydrogen-bond donors (Lipinski definition) is 1. The van der Waals surface area contributed by atoms with Gasteiger partial charge in [-0.3, -0.25) is 14.6 Å². The second-order valence-corrected chi connectivity index (χ2v) is 8.96. The van der Waals surface area contributed by atoms with Crippen LogP contribution in [-0.2, 0) is 17.9 Å². The van der Waals surface area contributed by atoms with Gasteiger partial charge < -0.3 is 5.32 Å². The van der Waals surface area contributed by atoms with Crippen molar-refractivity contribution >= 4 is 23.2 Å². The van der Waals surface area contributed by atoms with E-state index in [1.54, 1.807) is 0 Å². The topological polar surface area (TPSA) is 35.6 Å². The van der Waals surface area contributed by atoms with Gasteiger partial charge in [-0.15, -0.1) is 0 Å². The number of rotatable bonds is 6. The highest BCUT2D eigenvalue weighted by Crippen LogP contribution is 2.23. The van der Waals surface area contributed by atoms with Crippen molar-refractivity contribution < 1.29 is 4.79 Å². The summed E-state index contributed by atoms with van der Waals surface area (Å²) < 4.78 is 0. The molecule has 2 heterocycles. The highest BCUT2D eigenvalue weighted by Gasteiger charge is 2.32. The van der Waals surface area contributed by atoms with Crippen LogP contribution in [0.5, 0.6) is 0 Å². The van der Waals surface area contributed by atoms with E-state index in [9.17, 15) is 4.79 Å². The zero-order valence-electron chi connectivity index (χ0n) is 17.1. The number of benzene rings is 2. The van der Waals surface area contributed by atoms with Crippen LogP contribution in [-0.4, -0.2) is 41.4 Å². The maximum Gasteiger partial charge on any atom is 0.230 e. The predicted octanol–water partition coefficient (Wildman–Crippen LogP) is 4.78. The molecule has 0 radical (unpaired) electrons. The minimum atomic E-state index is 0.0630. The lowest BCUT2D eigenvalue weighted by molar-refractivity contribution is -0.125. The number of hydrogen-bond acceptors (Lipinski definition) is 3. The molecule has 0 aliphatic carbocycles. The van der Waals surface area contributed by atoms with Gasteiger partial charge in [0.2, 0.25) is 5.91 Å². The molecule has 2 aliphatic heterocycles. The van der Waals surface area contributed by atoms with Crippen molar-refractivity contribution in [3.05, 3.63) is 64.7 Å². The zero-order valence-corrected chi connectivity index (χ0v) is 17.9. The summed E-state index contributed by atoms with van der Waals surface area (Å²) in [4.78, 5) is 17.5. The van der Waals surface area contributed by atoms with Crippen LogP contribution in [0.4, 0.5) is 5.69 Å². The third-order valence-corrected chi connectivity index (χ3v) is 6.42. The van der Waals surface area contributed by atoms with Crippen LogP contribution in [0.1, 0.15) is 37.3 Å². The number of carbonyl (C=O) groups excluding carboxylic acids is 1. The van der Waals surface area contributed by atoms with Gasteiger partial charge in [-0.2, -0.15) is 0 Å². The fraction of sp³-hybridized carbons (Fsp3) is 0.458. The molecule has 5 heteroatoms. The van der Waals surface area contributed by atoms with E-state index in [4.69, 9.17) is 11.6 Å². The molecule has 0 aromatic heterocycles. The average molecular weight is 412 g/mol. The number of halogens is 1. The summed E-state index contributed by atoms with van der Waals surface area (Å²) in [5, 5.41) is 3.88. The summed E-state index contributed by atoms with van der Waals surface area (Å²) >= 11 is 5.94. The lowest BCUT2D eigenvalue weighted by Crippen LogP contribution is -2.51. The van der Waals surface area contributed by atoms with Crippen molar-refractivity contribution in [1.82, 2.24) is 9.80 Å². The van der Waals surface area contributed by atoms with Gasteiger partial charge in [0.25, 0.3) is 0 Å². The molecule has 2 aromatic carbocycles. The predicted molar refractivity (Wildman–Crippen MR) is 119 cm³/mol. The highest BCUT2D eigenvalue weighted by molar-refractivity contribution is 6.30. The smallest absolute Gasteiger partial charge is 0.230 e. The molecule has 154 valence electrons. The quantitative estimate of drug-likeness (QED) is 0.742. The molecule has 0 saturated carbocycles. The molecule has 2 aliphatic rings. The summed E-state index contributed by atoms with van der Waals surface area (Å²) in [5.74, 6) is 0.189. The molecule has 1 amide bonds. The van der Waals surface area contributed by atoms with E-state index in [0.29, 0.717) is 6.04 Å². The van der Waals surface area contributed by atoms with Crippen molar-refractivity contribution in [2.45, 2.75) is 45.3 Å². The Morgan fingerprint density at radius 1 is 1.07 bits per heavy atom. The first-order valence-electron chi connectivity index (χ1n) is 10.7. The Morgan fingerprint density at radius 2 is 1.86 bits per heavy atom. The van der Waals surface area contributed by atoms with Gasteiger partial charge in [-0.25, -0.2) is 0 Å². The van der Waals surface area contributed by atoms with Gasteiger partial charge in [0.05, 0.1) is 5.92 Å². The summed E-state index contributed by atoms with van der Waals surface area (Å²) in [6, 6.07) is 16.9. The lowest BCUT2D eigenvalue weighted by atomic mass is 9.98. The maximum atomic E-state index is 12.6. The van der Waals surface area contributed by atoms with Crippen molar-refractivity contribution in [1.29, 1.82) is 0 Å². The molecule has 0 unspecified atom stereocenters. The van der Waals surface area contributed by atoms with E-state index in [0.717, 1.165) is 36.9 Å². The number of carbonyl (C=O) groups is 1. The van der Waals surface area contributed by atoms with Crippen molar-refractivity contribution in [2.24, 2.45) is 5.92 Å². The molecule has 2 saturated heterocycles. The van der Waals surface area contributed by atoms with E-state index in [1.165, 1.54) is 36.9 Å². The van der Waals surface area contributed by atoms with Crippen LogP contribution >= 0.6 is 11.6 Å². The molecule has 4 nitrogen and oxygen atoms in total. The minimum absolute atomic E-state index is 0.0630. The number of likely N-dealkylation sites (tertiary alicyclic amines) is 2. The Balaban J connectivity index is 1.26. The molecule has 29 heavy (non-hydrogen) atoms. The molecule has 2 fully saturated rings. The molecular weight excluding hydrogens is 382 g/mol. The number of nitrogens with zero attached hydrogens (tertiary/aromatic N) is 2. The molecule has 0 spiro atoms. The Hall–Kier alpha value is -1.88. The number of piperidine rings is 1. The second kappa shape index (κ2) is 9.29. The summed E-state index contributed by atoms with van der Waals surface area (Å²) in [7, 11) is 0. The van der Waals surface area contributed by atoms with Gasteiger partial charge in [-0.1, -0.05) is 42.3 Å². The first kappa shape index (κ1) is 20.4. The van der Waals surface area contributed by atoms with Gasteiger partial charge in [0.15, 0.2) is 0 Å². The van der Waals surface area contributed by atoms with E-state index < -0.39 is 0 Å². The van der Waals surface area contributed by atoms with Crippen LogP contribution in [0.15, 0.2) is 48.5 Å². The van der Waals surface area contributed by atoms with E-state index in [1.807, 2.05) is 36.4 Å². The fourth-order valence-electron chi connectivity index (χ4n) is 4.33. The molecule has 0 bridgehead atoms. The monoisotopic (exact) mass is 411 g/mol. The second-order valence-electron chi connectivity index (χ2n) is 8.52. The van der Waals surface area contributed by atoms with Gasteiger partial charge in [0.1, 0.15) is 0 Å². The maximum absolute atomic E-state index is 12.6. The normalized spacial score (nSPS) is 21.0. The number of nitrogens with one attached hydrogen (secondary N) is 1. The summed E-state index contributed by atoms with van der Waals surface area (Å²) in [6.07, 6.45) is 3.91. The third kappa shape index (κ3) is 5.39. The third-order valence-electron chi connectivity index (χ3n) is 6.17. The van der Waals surface area contributed by atoms with E-state index in [2.05, 4.69) is 34.2 Å². The molecular formula is C24H30ClN3O. The van der Waals surface area contributed by atoms with Gasteiger partial charge >= 0.3 is 0 Å². The SMILES string of the molecule is C[C@@H]1CCCCN1Cc1cccc(NC(=O)C2CN(Cc3ccc(Cl)cc3)C2)c1. The highest BCUT2D eigenvalue weighted by atomic mass is 35.5. The van der Waals surface area contributed by atoms with E-state index >= 15 is 0 Å². The molecule has 1 atom stereocenters. The van der Waals surface area contributed by atoms with Gasteiger partial charge in [0, 0.05) is 42.9 Å². The largest absolute Gasteiger partial charge is 0.326 e. The van der Waals surface area contributed by atoms with Crippen molar-refractivity contribution in [3.8, 4) is 0 Å². The van der Waals surface area contributed by atoms with Crippen LogP contribution in [0.25, 0.3) is 0 Å².